The molecule has 30 heavy (non-hydrogen) atoms. The molecule has 0 bridgehead atoms. The summed E-state index contributed by atoms with van der Waals surface area (Å²) in [4.78, 5) is 12.1. The van der Waals surface area contributed by atoms with Gasteiger partial charge in [-0.1, -0.05) is 32.8 Å². The van der Waals surface area contributed by atoms with Crippen molar-refractivity contribution in [2.24, 2.45) is 11.8 Å². The molecular weight excluding hydrogens is 417 g/mol. The van der Waals surface area contributed by atoms with Gasteiger partial charge in [-0.2, -0.15) is 17.5 Å². The van der Waals surface area contributed by atoms with Crippen LogP contribution in [-0.2, 0) is 21.0 Å². The standard InChI is InChI=1S/C21H31F3N2O3S/c1-15(2)6-4-7-16(3)25-20(27)17-10-12-26(13-11-17)30(28,29)19-9-5-8-18(14-19)21(22,23)24/h5,8-9,14-17H,4,6-7,10-13H2,1-3H3,(H,25,27). The number of rotatable bonds is 8. The van der Waals surface area contributed by atoms with Crippen LogP contribution >= 0.6 is 0 Å². The molecule has 2 rings (SSSR count). The first kappa shape index (κ1) is 24.7. The second-order valence-corrected chi connectivity index (χ2v) is 10.4. The number of halogens is 3. The minimum atomic E-state index is -4.61. The molecule has 1 N–H and O–H groups in total. The summed E-state index contributed by atoms with van der Waals surface area (Å²) in [7, 11) is -4.04. The van der Waals surface area contributed by atoms with E-state index in [1.54, 1.807) is 0 Å². The third-order valence-electron chi connectivity index (χ3n) is 5.43. The van der Waals surface area contributed by atoms with Crippen LogP contribution in [0.4, 0.5) is 13.2 Å². The lowest BCUT2D eigenvalue weighted by atomic mass is 9.96. The number of alkyl halides is 3. The van der Waals surface area contributed by atoms with Gasteiger partial charge in [-0.05, 0) is 50.3 Å². The highest BCUT2D eigenvalue weighted by Gasteiger charge is 2.35. The maximum absolute atomic E-state index is 12.9. The van der Waals surface area contributed by atoms with E-state index in [4.69, 9.17) is 0 Å². The topological polar surface area (TPSA) is 66.5 Å². The van der Waals surface area contributed by atoms with Gasteiger partial charge in [0, 0.05) is 25.0 Å². The van der Waals surface area contributed by atoms with Gasteiger partial charge in [0.2, 0.25) is 15.9 Å². The molecule has 0 radical (unpaired) electrons. The third kappa shape index (κ3) is 6.70. The number of hydrogen-bond acceptors (Lipinski definition) is 3. The number of nitrogens with zero attached hydrogens (tertiary/aromatic N) is 1. The number of carbonyl (C=O) groups is 1. The average Bonchev–Trinajstić information content (AvgIpc) is 2.67. The van der Waals surface area contributed by atoms with Crippen molar-refractivity contribution in [1.82, 2.24) is 9.62 Å². The second-order valence-electron chi connectivity index (χ2n) is 8.44. The maximum Gasteiger partial charge on any atom is 0.416 e. The molecule has 1 amide bonds. The summed E-state index contributed by atoms with van der Waals surface area (Å²) in [5.74, 6) is 0.254. The van der Waals surface area contributed by atoms with E-state index >= 15 is 0 Å². The molecule has 170 valence electrons. The summed E-state index contributed by atoms with van der Waals surface area (Å²) in [6, 6.07) is 3.83. The molecule has 1 aromatic carbocycles. The van der Waals surface area contributed by atoms with Crippen LogP contribution in [0.15, 0.2) is 29.2 Å². The van der Waals surface area contributed by atoms with Crippen LogP contribution in [0.5, 0.6) is 0 Å². The summed E-state index contributed by atoms with van der Waals surface area (Å²) in [6.07, 6.45) is -0.876. The first-order valence-corrected chi connectivity index (χ1v) is 11.8. The van der Waals surface area contributed by atoms with Gasteiger partial charge in [-0.3, -0.25) is 4.79 Å². The highest BCUT2D eigenvalue weighted by Crippen LogP contribution is 2.32. The van der Waals surface area contributed by atoms with Crippen molar-refractivity contribution in [2.75, 3.05) is 13.1 Å². The van der Waals surface area contributed by atoms with Crippen LogP contribution in [0.25, 0.3) is 0 Å². The van der Waals surface area contributed by atoms with Crippen molar-refractivity contribution >= 4 is 15.9 Å². The van der Waals surface area contributed by atoms with Gasteiger partial charge in [-0.25, -0.2) is 8.42 Å². The largest absolute Gasteiger partial charge is 0.416 e. The molecule has 9 heteroatoms. The van der Waals surface area contributed by atoms with Gasteiger partial charge < -0.3 is 5.32 Å². The predicted octanol–water partition coefficient (Wildman–Crippen LogP) is 4.44. The average molecular weight is 449 g/mol. The highest BCUT2D eigenvalue weighted by atomic mass is 32.2. The predicted molar refractivity (Wildman–Crippen MR) is 109 cm³/mol. The fourth-order valence-corrected chi connectivity index (χ4v) is 5.12. The Kier molecular flexibility index (Phi) is 8.33. The van der Waals surface area contributed by atoms with E-state index in [2.05, 4.69) is 19.2 Å². The summed E-state index contributed by atoms with van der Waals surface area (Å²) in [6.45, 7) is 6.50. The molecule has 5 nitrogen and oxygen atoms in total. The van der Waals surface area contributed by atoms with Crippen molar-refractivity contribution in [3.8, 4) is 0 Å². The molecule has 1 aliphatic heterocycles. The molecule has 1 aromatic rings. The minimum absolute atomic E-state index is 0.0584. The van der Waals surface area contributed by atoms with E-state index in [0.29, 0.717) is 24.8 Å². The Morgan fingerprint density at radius 1 is 1.17 bits per heavy atom. The van der Waals surface area contributed by atoms with Gasteiger partial charge in [0.05, 0.1) is 10.5 Å². The van der Waals surface area contributed by atoms with Gasteiger partial charge in [0.15, 0.2) is 0 Å². The van der Waals surface area contributed by atoms with Crippen LogP contribution in [0.1, 0.15) is 58.4 Å². The Morgan fingerprint density at radius 3 is 2.37 bits per heavy atom. The van der Waals surface area contributed by atoms with Crippen LogP contribution in [0.3, 0.4) is 0 Å². The molecule has 1 atom stereocenters. The number of nitrogens with one attached hydrogen (secondary N) is 1. The van der Waals surface area contributed by atoms with Gasteiger partial charge in [-0.15, -0.1) is 0 Å². The Morgan fingerprint density at radius 2 is 1.80 bits per heavy atom. The Labute approximate surface area is 177 Å². The Balaban J connectivity index is 1.92. The lowest BCUT2D eigenvalue weighted by Gasteiger charge is -2.31. The Hall–Kier alpha value is -1.61. The van der Waals surface area contributed by atoms with E-state index < -0.39 is 21.8 Å². The number of piperidine rings is 1. The molecule has 0 aromatic heterocycles. The minimum Gasteiger partial charge on any atom is -0.353 e. The van der Waals surface area contributed by atoms with Crippen molar-refractivity contribution in [3.05, 3.63) is 29.8 Å². The van der Waals surface area contributed by atoms with Crippen LogP contribution < -0.4 is 5.32 Å². The second kappa shape index (κ2) is 10.1. The van der Waals surface area contributed by atoms with Crippen molar-refractivity contribution < 1.29 is 26.4 Å². The van der Waals surface area contributed by atoms with Crippen molar-refractivity contribution in [3.63, 3.8) is 0 Å². The van der Waals surface area contributed by atoms with Crippen molar-refractivity contribution in [2.45, 2.75) is 70.0 Å². The molecule has 1 saturated heterocycles. The number of amides is 1. The van der Waals surface area contributed by atoms with E-state index in [1.807, 2.05) is 6.92 Å². The lowest BCUT2D eigenvalue weighted by Crippen LogP contribution is -2.44. The van der Waals surface area contributed by atoms with Crippen LogP contribution in [0.2, 0.25) is 0 Å². The summed E-state index contributed by atoms with van der Waals surface area (Å²) >= 11 is 0. The SMILES string of the molecule is CC(C)CCCC(C)NC(=O)C1CCN(S(=O)(=O)c2cccc(C(F)(F)F)c2)CC1. The summed E-state index contributed by atoms with van der Waals surface area (Å²) in [5.41, 5.74) is -0.996. The zero-order chi connectivity index (χ0) is 22.5. The molecule has 1 heterocycles. The quantitative estimate of drug-likeness (QED) is 0.640. The van der Waals surface area contributed by atoms with E-state index in [0.717, 1.165) is 31.4 Å². The fraction of sp³-hybridized carbons (Fsp3) is 0.667. The molecule has 0 saturated carbocycles. The number of sulfonamides is 1. The number of carbonyl (C=O) groups excluding carboxylic acids is 1. The zero-order valence-corrected chi connectivity index (χ0v) is 18.5. The maximum atomic E-state index is 12.9. The Bertz CT molecular complexity index is 817. The lowest BCUT2D eigenvalue weighted by molar-refractivity contribution is -0.137. The molecule has 0 spiro atoms. The van der Waals surface area contributed by atoms with E-state index in [1.165, 1.54) is 10.4 Å². The normalized spacial score (nSPS) is 17.8. The van der Waals surface area contributed by atoms with E-state index in [9.17, 15) is 26.4 Å². The van der Waals surface area contributed by atoms with Crippen LogP contribution in [0, 0.1) is 11.8 Å². The van der Waals surface area contributed by atoms with Crippen molar-refractivity contribution in [1.29, 1.82) is 0 Å². The number of hydrogen-bond donors (Lipinski definition) is 1. The van der Waals surface area contributed by atoms with Gasteiger partial charge >= 0.3 is 6.18 Å². The molecular formula is C21H31F3N2O3S. The number of benzene rings is 1. The molecule has 1 unspecified atom stereocenters. The van der Waals surface area contributed by atoms with Gasteiger partial charge in [0.1, 0.15) is 0 Å². The molecule has 0 aliphatic carbocycles. The zero-order valence-electron chi connectivity index (χ0n) is 17.7. The first-order chi connectivity index (χ1) is 13.9. The molecule has 1 aliphatic rings. The van der Waals surface area contributed by atoms with E-state index in [-0.39, 0.29) is 35.9 Å². The fourth-order valence-electron chi connectivity index (χ4n) is 3.61. The van der Waals surface area contributed by atoms with Crippen LogP contribution in [-0.4, -0.2) is 37.8 Å². The summed E-state index contributed by atoms with van der Waals surface area (Å²) < 4.78 is 65.4. The van der Waals surface area contributed by atoms with Gasteiger partial charge in [0.25, 0.3) is 0 Å². The monoisotopic (exact) mass is 448 g/mol. The third-order valence-corrected chi connectivity index (χ3v) is 7.33. The highest BCUT2D eigenvalue weighted by molar-refractivity contribution is 7.89. The first-order valence-electron chi connectivity index (χ1n) is 10.4. The smallest absolute Gasteiger partial charge is 0.353 e. The summed E-state index contributed by atoms with van der Waals surface area (Å²) in [5, 5.41) is 3.00. The molecule has 1 fully saturated rings.